The van der Waals surface area contributed by atoms with E-state index in [-0.39, 0.29) is 17.7 Å². The van der Waals surface area contributed by atoms with Crippen LogP contribution >= 0.6 is 11.3 Å². The second-order valence-electron chi connectivity index (χ2n) is 10.5. The lowest BCUT2D eigenvalue weighted by atomic mass is 9.90. The molecule has 0 N–H and O–H groups in total. The monoisotopic (exact) mass is 540 g/mol. The smallest absolute Gasteiger partial charge is 0.282 e. The Kier molecular flexibility index (Phi) is 6.05. The molecule has 4 aromatic rings. The van der Waals surface area contributed by atoms with Gasteiger partial charge in [0.1, 0.15) is 17.0 Å². The second-order valence-corrected chi connectivity index (χ2v) is 11.4. The van der Waals surface area contributed by atoms with Crippen LogP contribution in [0, 0.1) is 5.92 Å². The number of aromatic nitrogens is 1. The molecule has 1 atom stereocenters. The first kappa shape index (κ1) is 24.2. The molecule has 0 radical (unpaired) electrons. The lowest BCUT2D eigenvalue weighted by molar-refractivity contribution is -0.134. The van der Waals surface area contributed by atoms with Crippen molar-refractivity contribution >= 4 is 40.0 Å². The van der Waals surface area contributed by atoms with Crippen molar-refractivity contribution in [3.05, 3.63) is 76.9 Å². The second kappa shape index (κ2) is 9.73. The van der Waals surface area contributed by atoms with Crippen LogP contribution in [0.2, 0.25) is 0 Å². The maximum atomic E-state index is 13.9. The van der Waals surface area contributed by atoms with Crippen molar-refractivity contribution in [1.82, 2.24) is 14.8 Å². The van der Waals surface area contributed by atoms with E-state index < -0.39 is 5.54 Å². The van der Waals surface area contributed by atoms with Crippen LogP contribution in [0.25, 0.3) is 22.1 Å². The highest BCUT2D eigenvalue weighted by atomic mass is 32.1. The minimum atomic E-state index is -0.756. The van der Waals surface area contributed by atoms with Crippen molar-refractivity contribution in [1.29, 1.82) is 0 Å². The van der Waals surface area contributed by atoms with Gasteiger partial charge in [-0.25, -0.2) is 4.98 Å². The van der Waals surface area contributed by atoms with E-state index in [1.165, 1.54) is 11.3 Å². The van der Waals surface area contributed by atoms with Crippen molar-refractivity contribution in [2.45, 2.75) is 24.8 Å². The summed E-state index contributed by atoms with van der Waals surface area (Å²) >= 11 is 1.36. The standard InChI is InChI=1S/C30H28N4O4S/c35-28(27-31-11-16-39-27)33-12-7-20(18-33)19-34-26(32-30(29(34)36)9-14-37-15-10-30)22-3-1-21(2-4-22)23-5-6-25-24(17-23)8-13-38-25/h1-6,8,11,13,16-17,20H,7,9-10,12,14-15,18-19H2. The van der Waals surface area contributed by atoms with Crippen LogP contribution in [0.4, 0.5) is 0 Å². The number of hydrogen-bond donors (Lipinski definition) is 0. The molecule has 0 bridgehead atoms. The number of nitrogens with zero attached hydrogens (tertiary/aromatic N) is 4. The SMILES string of the molecule is O=C(c1nccs1)N1CCC(CN2C(=O)C3(CCOCC3)N=C2c2ccc(-c3ccc4occc4c3)cc2)C1. The van der Waals surface area contributed by atoms with E-state index in [9.17, 15) is 9.59 Å². The Morgan fingerprint density at radius 1 is 1.05 bits per heavy atom. The third-order valence-electron chi connectivity index (χ3n) is 8.10. The maximum absolute atomic E-state index is 13.9. The minimum Gasteiger partial charge on any atom is -0.464 e. The zero-order valence-electron chi connectivity index (χ0n) is 21.4. The highest BCUT2D eigenvalue weighted by molar-refractivity contribution is 7.11. The van der Waals surface area contributed by atoms with E-state index >= 15 is 0 Å². The van der Waals surface area contributed by atoms with Crippen molar-refractivity contribution in [2.75, 3.05) is 32.8 Å². The molecule has 3 aliphatic heterocycles. The Labute approximate surface area is 229 Å². The number of amides is 2. The molecule has 39 heavy (non-hydrogen) atoms. The van der Waals surface area contributed by atoms with Gasteiger partial charge in [-0.3, -0.25) is 19.5 Å². The molecular weight excluding hydrogens is 512 g/mol. The zero-order chi connectivity index (χ0) is 26.4. The van der Waals surface area contributed by atoms with Gasteiger partial charge in [-0.2, -0.15) is 0 Å². The van der Waals surface area contributed by atoms with Crippen molar-refractivity contribution in [3.8, 4) is 11.1 Å². The van der Waals surface area contributed by atoms with E-state index in [4.69, 9.17) is 14.1 Å². The predicted molar refractivity (Wildman–Crippen MR) is 149 cm³/mol. The van der Waals surface area contributed by atoms with Crippen LogP contribution in [-0.4, -0.2) is 70.8 Å². The molecule has 2 amide bonds. The molecule has 2 saturated heterocycles. The lowest BCUT2D eigenvalue weighted by Crippen LogP contribution is -2.47. The fraction of sp³-hybridized carbons (Fsp3) is 0.333. The number of rotatable bonds is 5. The first-order valence-corrected chi connectivity index (χ1v) is 14.2. The molecule has 2 fully saturated rings. The molecule has 0 saturated carbocycles. The van der Waals surface area contributed by atoms with E-state index in [0.29, 0.717) is 50.7 Å². The topological polar surface area (TPSA) is 88.2 Å². The van der Waals surface area contributed by atoms with Crippen molar-refractivity contribution in [3.63, 3.8) is 0 Å². The average Bonchev–Trinajstić information content (AvgIpc) is 3.79. The van der Waals surface area contributed by atoms with Gasteiger partial charge in [-0.1, -0.05) is 30.3 Å². The van der Waals surface area contributed by atoms with E-state index in [2.05, 4.69) is 41.4 Å². The molecule has 7 rings (SSSR count). The molecule has 2 aromatic heterocycles. The molecule has 5 heterocycles. The fourth-order valence-corrected chi connectivity index (χ4v) is 6.53. The van der Waals surface area contributed by atoms with E-state index in [1.807, 2.05) is 27.3 Å². The molecule has 0 aliphatic carbocycles. The Hall–Kier alpha value is -3.82. The minimum absolute atomic E-state index is 0.0285. The fourth-order valence-electron chi connectivity index (χ4n) is 5.93. The molecule has 1 spiro atoms. The summed E-state index contributed by atoms with van der Waals surface area (Å²) in [5, 5.41) is 3.40. The number of likely N-dealkylation sites (tertiary alicyclic amines) is 1. The van der Waals surface area contributed by atoms with Crippen LogP contribution in [0.5, 0.6) is 0 Å². The Balaban J connectivity index is 1.14. The quantitative estimate of drug-likeness (QED) is 0.361. The third-order valence-corrected chi connectivity index (χ3v) is 8.86. The normalized spacial score (nSPS) is 20.8. The molecule has 1 unspecified atom stereocenters. The van der Waals surface area contributed by atoms with Gasteiger partial charge in [0, 0.05) is 68.2 Å². The number of carbonyl (C=O) groups is 2. The van der Waals surface area contributed by atoms with E-state index in [0.717, 1.165) is 39.9 Å². The molecule has 3 aliphatic rings. The highest BCUT2D eigenvalue weighted by Gasteiger charge is 2.50. The van der Waals surface area contributed by atoms with Crippen molar-refractivity contribution < 1.29 is 18.7 Å². The van der Waals surface area contributed by atoms with Gasteiger partial charge in [-0.05, 0) is 41.7 Å². The Morgan fingerprint density at radius 2 is 1.85 bits per heavy atom. The number of aliphatic imine (C=N–C) groups is 1. The highest BCUT2D eigenvalue weighted by Crippen LogP contribution is 2.36. The zero-order valence-corrected chi connectivity index (χ0v) is 22.2. The van der Waals surface area contributed by atoms with Crippen LogP contribution < -0.4 is 0 Å². The Morgan fingerprint density at radius 3 is 2.64 bits per heavy atom. The summed E-state index contributed by atoms with van der Waals surface area (Å²) in [4.78, 5) is 39.7. The summed E-state index contributed by atoms with van der Waals surface area (Å²) < 4.78 is 11.1. The molecule has 198 valence electrons. The molecule has 2 aromatic carbocycles. The van der Waals surface area contributed by atoms with E-state index in [1.54, 1.807) is 12.5 Å². The van der Waals surface area contributed by atoms with Gasteiger partial charge >= 0.3 is 0 Å². The van der Waals surface area contributed by atoms with Crippen LogP contribution in [0.15, 0.2) is 75.8 Å². The van der Waals surface area contributed by atoms with Crippen LogP contribution in [0.3, 0.4) is 0 Å². The maximum Gasteiger partial charge on any atom is 0.282 e. The summed E-state index contributed by atoms with van der Waals surface area (Å²) in [6.45, 7) is 2.89. The summed E-state index contributed by atoms with van der Waals surface area (Å²) in [5.74, 6) is 0.932. The summed E-state index contributed by atoms with van der Waals surface area (Å²) in [7, 11) is 0. The van der Waals surface area contributed by atoms with Gasteiger partial charge < -0.3 is 14.1 Å². The number of ether oxygens (including phenoxy) is 1. The number of carbonyl (C=O) groups excluding carboxylic acids is 2. The van der Waals surface area contributed by atoms with Gasteiger partial charge in [0.15, 0.2) is 5.01 Å². The third kappa shape index (κ3) is 4.35. The predicted octanol–water partition coefficient (Wildman–Crippen LogP) is 4.86. The molecule has 8 nitrogen and oxygen atoms in total. The van der Waals surface area contributed by atoms with Gasteiger partial charge in [0.05, 0.1) is 6.26 Å². The number of hydrogen-bond acceptors (Lipinski definition) is 7. The largest absolute Gasteiger partial charge is 0.464 e. The van der Waals surface area contributed by atoms with Gasteiger partial charge in [-0.15, -0.1) is 11.3 Å². The van der Waals surface area contributed by atoms with Crippen molar-refractivity contribution in [2.24, 2.45) is 10.9 Å². The number of furan rings is 1. The first-order valence-electron chi connectivity index (χ1n) is 13.4. The van der Waals surface area contributed by atoms with Gasteiger partial charge in [0.25, 0.3) is 11.8 Å². The lowest BCUT2D eigenvalue weighted by Gasteiger charge is -2.30. The molecular formula is C30H28N4O4S. The molecule has 9 heteroatoms. The summed E-state index contributed by atoms with van der Waals surface area (Å²) in [5.41, 5.74) is 3.23. The Bertz CT molecular complexity index is 1550. The summed E-state index contributed by atoms with van der Waals surface area (Å²) in [6.07, 6.45) is 5.39. The number of benzene rings is 2. The number of amidine groups is 1. The van der Waals surface area contributed by atoms with Crippen LogP contribution in [-0.2, 0) is 9.53 Å². The number of thiazole rings is 1. The number of fused-ring (bicyclic) bond motifs is 1. The summed E-state index contributed by atoms with van der Waals surface area (Å²) in [6, 6.07) is 16.4. The first-order chi connectivity index (χ1) is 19.1. The van der Waals surface area contributed by atoms with Crippen LogP contribution in [0.1, 0.15) is 34.6 Å². The average molecular weight is 541 g/mol. The van der Waals surface area contributed by atoms with Gasteiger partial charge in [0.2, 0.25) is 0 Å².